The fourth-order valence-electron chi connectivity index (χ4n) is 6.81. The number of benzene rings is 2. The first-order chi connectivity index (χ1) is 13.3. The minimum absolute atomic E-state index is 0.778. The molecule has 27 heavy (non-hydrogen) atoms. The van der Waals surface area contributed by atoms with Gasteiger partial charge < -0.3 is 0 Å². The summed E-state index contributed by atoms with van der Waals surface area (Å²) >= 11 is 0. The van der Waals surface area contributed by atoms with Gasteiger partial charge in [0.25, 0.3) is 0 Å². The average molecular weight is 353 g/mol. The molecular weight excluding hydrogens is 324 g/mol. The van der Waals surface area contributed by atoms with E-state index < -0.39 is 0 Å². The Morgan fingerprint density at radius 1 is 0.593 bits per heavy atom. The zero-order chi connectivity index (χ0) is 17.8. The molecule has 0 bridgehead atoms. The van der Waals surface area contributed by atoms with Gasteiger partial charge in [-0.15, -0.1) is 0 Å². The first-order valence-electron chi connectivity index (χ1n) is 10.9. The molecule has 0 N–H and O–H groups in total. The van der Waals surface area contributed by atoms with Crippen molar-refractivity contribution in [1.29, 1.82) is 0 Å². The van der Waals surface area contributed by atoms with Crippen molar-refractivity contribution < 1.29 is 0 Å². The maximum absolute atomic E-state index is 2.51. The molecule has 2 aromatic rings. The maximum Gasteiger partial charge on any atom is -0.00902 e. The van der Waals surface area contributed by atoms with Crippen LogP contribution in [0, 0.1) is 23.7 Å². The zero-order valence-electron chi connectivity index (χ0n) is 15.9. The van der Waals surface area contributed by atoms with Crippen LogP contribution >= 0.6 is 0 Å². The summed E-state index contributed by atoms with van der Waals surface area (Å²) in [4.78, 5) is 0. The van der Waals surface area contributed by atoms with Crippen molar-refractivity contribution in [3.63, 3.8) is 0 Å². The molecule has 0 radical (unpaired) electrons. The quantitative estimate of drug-likeness (QED) is 0.543. The van der Waals surface area contributed by atoms with Gasteiger partial charge in [-0.2, -0.15) is 0 Å². The van der Waals surface area contributed by atoms with Crippen LogP contribution in [0.4, 0.5) is 0 Å². The molecule has 0 amide bonds. The fraction of sp³-hybridized carbons (Fsp3) is 0.407. The molecule has 0 heteroatoms. The van der Waals surface area contributed by atoms with E-state index in [1.165, 1.54) is 43.2 Å². The van der Waals surface area contributed by atoms with Crippen molar-refractivity contribution in [1.82, 2.24) is 0 Å². The number of hydrogen-bond donors (Lipinski definition) is 0. The Balaban J connectivity index is 1.17. The molecule has 6 unspecified atom stereocenters. The molecule has 0 spiro atoms. The Morgan fingerprint density at radius 2 is 1.07 bits per heavy atom. The second-order valence-electron chi connectivity index (χ2n) is 9.43. The second-order valence-corrected chi connectivity index (χ2v) is 9.43. The Hall–Kier alpha value is -2.08. The lowest BCUT2D eigenvalue weighted by atomic mass is 9.81. The molecule has 0 aromatic heterocycles. The predicted octanol–water partition coefficient (Wildman–Crippen LogP) is 7.05. The fourth-order valence-corrected chi connectivity index (χ4v) is 6.81. The van der Waals surface area contributed by atoms with E-state index in [-0.39, 0.29) is 0 Å². The number of allylic oxidation sites excluding steroid dienone is 2. The summed E-state index contributed by atoms with van der Waals surface area (Å²) in [6.07, 6.45) is 16.9. The van der Waals surface area contributed by atoms with E-state index in [1.54, 1.807) is 11.1 Å². The molecule has 136 valence electrons. The molecule has 4 aliphatic rings. The highest BCUT2D eigenvalue weighted by molar-refractivity contribution is 5.59. The lowest BCUT2D eigenvalue weighted by Crippen LogP contribution is -2.08. The highest BCUT2D eigenvalue weighted by atomic mass is 14.5. The third-order valence-corrected chi connectivity index (χ3v) is 7.92. The van der Waals surface area contributed by atoms with Gasteiger partial charge in [0, 0.05) is 0 Å². The maximum atomic E-state index is 2.51. The van der Waals surface area contributed by atoms with Gasteiger partial charge >= 0.3 is 0 Å². The van der Waals surface area contributed by atoms with Crippen LogP contribution < -0.4 is 0 Å². The predicted molar refractivity (Wildman–Crippen MR) is 113 cm³/mol. The summed E-state index contributed by atoms with van der Waals surface area (Å²) in [7, 11) is 0. The molecule has 0 saturated heterocycles. The van der Waals surface area contributed by atoms with Crippen molar-refractivity contribution in [2.24, 2.45) is 23.7 Å². The number of rotatable bonds is 2. The van der Waals surface area contributed by atoms with Crippen molar-refractivity contribution in [2.45, 2.75) is 43.9 Å². The van der Waals surface area contributed by atoms with E-state index in [2.05, 4.69) is 72.8 Å². The first kappa shape index (κ1) is 15.9. The molecule has 2 aromatic carbocycles. The van der Waals surface area contributed by atoms with Gasteiger partial charge in [0.05, 0.1) is 0 Å². The normalized spacial score (nSPS) is 35.4. The third-order valence-electron chi connectivity index (χ3n) is 7.92. The molecule has 6 rings (SSSR count). The van der Waals surface area contributed by atoms with Gasteiger partial charge in [0.1, 0.15) is 0 Å². The highest BCUT2D eigenvalue weighted by Crippen LogP contribution is 2.53. The summed E-state index contributed by atoms with van der Waals surface area (Å²) in [5.41, 5.74) is 6.16. The lowest BCUT2D eigenvalue weighted by Gasteiger charge is -2.23. The molecule has 2 saturated carbocycles. The zero-order valence-corrected chi connectivity index (χ0v) is 15.9. The van der Waals surface area contributed by atoms with Crippen LogP contribution in [-0.2, 0) is 0 Å². The van der Waals surface area contributed by atoms with Gasteiger partial charge in [-0.1, -0.05) is 72.8 Å². The third kappa shape index (κ3) is 2.64. The molecular formula is C27H28. The van der Waals surface area contributed by atoms with Crippen LogP contribution in [0.1, 0.15) is 66.2 Å². The van der Waals surface area contributed by atoms with Crippen molar-refractivity contribution in [3.8, 4) is 0 Å². The second kappa shape index (κ2) is 6.23. The largest absolute Gasteiger partial charge is 0.0802 e. The highest BCUT2D eigenvalue weighted by Gasteiger charge is 2.41. The summed E-state index contributed by atoms with van der Waals surface area (Å²) < 4.78 is 0. The Kier molecular flexibility index (Phi) is 3.67. The lowest BCUT2D eigenvalue weighted by molar-refractivity contribution is 0.370. The summed E-state index contributed by atoms with van der Waals surface area (Å²) in [6, 6.07) is 18.2. The standard InChI is InChI=1S/C27H28/c1-3-7-24-20(5-1)9-11-22-14-18(16-26(22)24)13-19-15-23-12-10-21-6-2-4-8-25(21)27(23)17-19/h1-12,18-19,22-23,26-27H,13-17H2. The van der Waals surface area contributed by atoms with Crippen LogP contribution in [0.2, 0.25) is 0 Å². The molecule has 0 nitrogen and oxygen atoms in total. The van der Waals surface area contributed by atoms with Crippen LogP contribution in [0.3, 0.4) is 0 Å². The van der Waals surface area contributed by atoms with Crippen molar-refractivity contribution in [2.75, 3.05) is 0 Å². The van der Waals surface area contributed by atoms with Gasteiger partial charge in [-0.05, 0) is 89.9 Å². The van der Waals surface area contributed by atoms with Crippen molar-refractivity contribution in [3.05, 3.63) is 82.9 Å². The van der Waals surface area contributed by atoms with Crippen LogP contribution in [0.25, 0.3) is 12.2 Å². The van der Waals surface area contributed by atoms with E-state index >= 15 is 0 Å². The Bertz CT molecular complexity index is 842. The van der Waals surface area contributed by atoms with Gasteiger partial charge in [0.2, 0.25) is 0 Å². The average Bonchev–Trinajstić information content (AvgIpc) is 3.31. The molecule has 6 atom stereocenters. The van der Waals surface area contributed by atoms with E-state index in [1.807, 2.05) is 0 Å². The monoisotopic (exact) mass is 352 g/mol. The van der Waals surface area contributed by atoms with E-state index in [9.17, 15) is 0 Å². The molecule has 0 aliphatic heterocycles. The number of fused-ring (bicyclic) bond motifs is 6. The van der Waals surface area contributed by atoms with E-state index in [0.717, 1.165) is 35.5 Å². The molecule has 0 heterocycles. The number of hydrogen-bond acceptors (Lipinski definition) is 0. The minimum Gasteiger partial charge on any atom is -0.0802 e. The Morgan fingerprint density at radius 3 is 1.59 bits per heavy atom. The van der Waals surface area contributed by atoms with Gasteiger partial charge in [0.15, 0.2) is 0 Å². The molecule has 2 fully saturated rings. The summed E-state index contributed by atoms with van der Waals surface area (Å²) in [5.74, 6) is 4.96. The van der Waals surface area contributed by atoms with Crippen LogP contribution in [0.5, 0.6) is 0 Å². The SMILES string of the molecule is C1=CC2CC(CC3CC4C=Cc5ccccc5C4C3)CC2c2ccccc21. The van der Waals surface area contributed by atoms with Crippen LogP contribution in [0.15, 0.2) is 60.7 Å². The van der Waals surface area contributed by atoms with E-state index in [0.29, 0.717) is 0 Å². The Labute approximate surface area is 163 Å². The summed E-state index contributed by atoms with van der Waals surface area (Å²) in [5, 5.41) is 0. The molecule has 4 aliphatic carbocycles. The van der Waals surface area contributed by atoms with Gasteiger partial charge in [-0.25, -0.2) is 0 Å². The minimum atomic E-state index is 0.778. The van der Waals surface area contributed by atoms with Gasteiger partial charge in [-0.3, -0.25) is 0 Å². The van der Waals surface area contributed by atoms with Crippen molar-refractivity contribution >= 4 is 12.2 Å². The smallest absolute Gasteiger partial charge is 0.00902 e. The topological polar surface area (TPSA) is 0 Å². The van der Waals surface area contributed by atoms with Crippen LogP contribution in [-0.4, -0.2) is 0 Å². The first-order valence-corrected chi connectivity index (χ1v) is 10.9. The summed E-state index contributed by atoms with van der Waals surface area (Å²) in [6.45, 7) is 0. The van der Waals surface area contributed by atoms with E-state index in [4.69, 9.17) is 0 Å².